The number of carbonyl (C=O) groups excluding carboxylic acids is 1. The van der Waals surface area contributed by atoms with Gasteiger partial charge in [0.1, 0.15) is 5.69 Å². The molecule has 0 aromatic carbocycles. The van der Waals surface area contributed by atoms with E-state index in [1.165, 1.54) is 24.1 Å². The molecule has 1 aromatic heterocycles. The average Bonchev–Trinajstić information content (AvgIpc) is 2.59. The monoisotopic (exact) mass is 178 g/mol. The molecule has 2 N–H and O–H groups in total. The molecule has 0 saturated carbocycles. The molecule has 0 spiro atoms. The fourth-order valence-electron chi connectivity index (χ4n) is 1.86. The first kappa shape index (κ1) is 8.35. The molecule has 0 unspecified atom stereocenters. The van der Waals surface area contributed by atoms with E-state index in [0.29, 0.717) is 5.69 Å². The number of hydrogen-bond acceptors (Lipinski definition) is 1. The van der Waals surface area contributed by atoms with Crippen LogP contribution in [0.25, 0.3) is 0 Å². The topological polar surface area (TPSA) is 44.9 Å². The molecule has 0 radical (unpaired) electrons. The van der Waals surface area contributed by atoms with Gasteiger partial charge < -0.3 is 10.3 Å². The van der Waals surface area contributed by atoms with E-state index in [0.717, 1.165) is 12.8 Å². The highest BCUT2D eigenvalue weighted by Crippen LogP contribution is 2.21. The maximum atomic E-state index is 11.3. The van der Waals surface area contributed by atoms with Crippen LogP contribution >= 0.6 is 0 Å². The summed E-state index contributed by atoms with van der Waals surface area (Å²) >= 11 is 0. The van der Waals surface area contributed by atoms with Gasteiger partial charge >= 0.3 is 0 Å². The standard InChI is InChI=1S/C10H14N2O/c1-11-10(13)9-6-7-4-2-3-5-8(7)12-9/h6,12H,2-5H2,1H3,(H,11,13). The molecule has 0 atom stereocenters. The molecule has 0 saturated heterocycles. The second-order valence-corrected chi connectivity index (χ2v) is 3.47. The number of amides is 1. The molecule has 1 aromatic rings. The lowest BCUT2D eigenvalue weighted by atomic mass is 9.98. The van der Waals surface area contributed by atoms with Gasteiger partial charge in [0.05, 0.1) is 0 Å². The zero-order valence-electron chi connectivity index (χ0n) is 7.81. The Hall–Kier alpha value is -1.25. The highest BCUT2D eigenvalue weighted by atomic mass is 16.1. The van der Waals surface area contributed by atoms with Crippen LogP contribution in [-0.2, 0) is 12.8 Å². The molecule has 3 heteroatoms. The van der Waals surface area contributed by atoms with Crippen LogP contribution in [0.2, 0.25) is 0 Å². The van der Waals surface area contributed by atoms with Crippen LogP contribution in [0.3, 0.4) is 0 Å². The van der Waals surface area contributed by atoms with Gasteiger partial charge in [-0.05, 0) is 37.3 Å². The molecule has 70 valence electrons. The highest BCUT2D eigenvalue weighted by Gasteiger charge is 2.15. The lowest BCUT2D eigenvalue weighted by Gasteiger charge is -2.08. The third-order valence-corrected chi connectivity index (χ3v) is 2.59. The van der Waals surface area contributed by atoms with Gasteiger partial charge in [-0.3, -0.25) is 4.79 Å². The zero-order chi connectivity index (χ0) is 9.26. The molecule has 0 bridgehead atoms. The summed E-state index contributed by atoms with van der Waals surface area (Å²) in [6.07, 6.45) is 4.69. The maximum absolute atomic E-state index is 11.3. The van der Waals surface area contributed by atoms with Gasteiger partial charge in [-0.25, -0.2) is 0 Å². The molecule has 1 aliphatic carbocycles. The highest BCUT2D eigenvalue weighted by molar-refractivity contribution is 5.92. The Morgan fingerprint density at radius 3 is 2.92 bits per heavy atom. The zero-order valence-corrected chi connectivity index (χ0v) is 7.81. The van der Waals surface area contributed by atoms with Gasteiger partial charge in [0.2, 0.25) is 0 Å². The molecule has 2 rings (SSSR count). The molecule has 0 aliphatic heterocycles. The smallest absolute Gasteiger partial charge is 0.267 e. The third-order valence-electron chi connectivity index (χ3n) is 2.59. The van der Waals surface area contributed by atoms with Gasteiger partial charge in [0.25, 0.3) is 5.91 Å². The summed E-state index contributed by atoms with van der Waals surface area (Å²) in [4.78, 5) is 14.5. The van der Waals surface area contributed by atoms with Crippen molar-refractivity contribution in [3.8, 4) is 0 Å². The molecular formula is C10H14N2O. The van der Waals surface area contributed by atoms with Crippen LogP contribution in [0.5, 0.6) is 0 Å². The maximum Gasteiger partial charge on any atom is 0.267 e. The third kappa shape index (κ3) is 1.46. The lowest BCUT2D eigenvalue weighted by Crippen LogP contribution is -2.18. The molecule has 1 aliphatic rings. The minimum absolute atomic E-state index is 0.0191. The Morgan fingerprint density at radius 2 is 2.23 bits per heavy atom. The summed E-state index contributed by atoms with van der Waals surface area (Å²) in [7, 11) is 1.65. The van der Waals surface area contributed by atoms with Crippen molar-refractivity contribution in [2.45, 2.75) is 25.7 Å². The second-order valence-electron chi connectivity index (χ2n) is 3.47. The first-order valence-corrected chi connectivity index (χ1v) is 4.74. The summed E-state index contributed by atoms with van der Waals surface area (Å²) in [6.45, 7) is 0. The molecule has 3 nitrogen and oxygen atoms in total. The summed E-state index contributed by atoms with van der Waals surface area (Å²) in [5, 5.41) is 2.62. The predicted molar refractivity (Wildman–Crippen MR) is 50.8 cm³/mol. The number of aromatic nitrogens is 1. The van der Waals surface area contributed by atoms with E-state index >= 15 is 0 Å². The van der Waals surface area contributed by atoms with Gasteiger partial charge in [0.15, 0.2) is 0 Å². The normalized spacial score (nSPS) is 15.2. The van der Waals surface area contributed by atoms with Crippen molar-refractivity contribution in [2.24, 2.45) is 0 Å². The van der Waals surface area contributed by atoms with E-state index in [4.69, 9.17) is 0 Å². The van der Waals surface area contributed by atoms with Gasteiger partial charge in [-0.15, -0.1) is 0 Å². The average molecular weight is 178 g/mol. The number of nitrogens with one attached hydrogen (secondary N) is 2. The van der Waals surface area contributed by atoms with Crippen LogP contribution < -0.4 is 5.32 Å². The predicted octanol–water partition coefficient (Wildman–Crippen LogP) is 1.25. The fraction of sp³-hybridized carbons (Fsp3) is 0.500. The lowest BCUT2D eigenvalue weighted by molar-refractivity contribution is 0.0958. The number of fused-ring (bicyclic) bond motifs is 1. The number of carbonyl (C=O) groups is 1. The van der Waals surface area contributed by atoms with Crippen LogP contribution in [0.1, 0.15) is 34.6 Å². The Morgan fingerprint density at radius 1 is 1.46 bits per heavy atom. The minimum atomic E-state index is -0.0191. The van der Waals surface area contributed by atoms with Crippen molar-refractivity contribution in [1.82, 2.24) is 10.3 Å². The van der Waals surface area contributed by atoms with E-state index in [9.17, 15) is 4.79 Å². The van der Waals surface area contributed by atoms with Gasteiger partial charge in [-0.1, -0.05) is 0 Å². The minimum Gasteiger partial charge on any atom is -0.354 e. The number of aromatic amines is 1. The van der Waals surface area contributed by atoms with E-state index in [2.05, 4.69) is 10.3 Å². The summed E-state index contributed by atoms with van der Waals surface area (Å²) in [5.41, 5.74) is 3.28. The van der Waals surface area contributed by atoms with Crippen LogP contribution in [-0.4, -0.2) is 17.9 Å². The largest absolute Gasteiger partial charge is 0.354 e. The van der Waals surface area contributed by atoms with Crippen LogP contribution in [0.15, 0.2) is 6.07 Å². The Kier molecular flexibility index (Phi) is 2.08. The van der Waals surface area contributed by atoms with Crippen molar-refractivity contribution in [2.75, 3.05) is 7.05 Å². The number of rotatable bonds is 1. The Bertz CT molecular complexity index is 304. The number of hydrogen-bond donors (Lipinski definition) is 2. The van der Waals surface area contributed by atoms with E-state index in [-0.39, 0.29) is 5.91 Å². The first-order valence-electron chi connectivity index (χ1n) is 4.74. The molecule has 1 amide bonds. The Balaban J connectivity index is 2.30. The summed E-state index contributed by atoms with van der Waals surface area (Å²) in [6, 6.07) is 1.98. The molecule has 13 heavy (non-hydrogen) atoms. The quantitative estimate of drug-likeness (QED) is 0.668. The number of H-pyrrole nitrogens is 1. The molecule has 1 heterocycles. The van der Waals surface area contributed by atoms with Gasteiger partial charge in [-0.2, -0.15) is 0 Å². The van der Waals surface area contributed by atoms with Crippen LogP contribution in [0, 0.1) is 0 Å². The molecule has 0 fully saturated rings. The van der Waals surface area contributed by atoms with Crippen molar-refractivity contribution < 1.29 is 4.79 Å². The summed E-state index contributed by atoms with van der Waals surface area (Å²) in [5.74, 6) is -0.0191. The van der Waals surface area contributed by atoms with Gasteiger partial charge in [0, 0.05) is 12.7 Å². The molecular weight excluding hydrogens is 164 g/mol. The van der Waals surface area contributed by atoms with Crippen molar-refractivity contribution >= 4 is 5.91 Å². The van der Waals surface area contributed by atoms with E-state index < -0.39 is 0 Å². The number of aryl methyl sites for hydroxylation is 2. The SMILES string of the molecule is CNC(=O)c1cc2c([nH]1)CCCC2. The van der Waals surface area contributed by atoms with E-state index in [1.54, 1.807) is 7.05 Å². The second kappa shape index (κ2) is 3.24. The Labute approximate surface area is 77.5 Å². The first-order chi connectivity index (χ1) is 6.31. The van der Waals surface area contributed by atoms with Crippen molar-refractivity contribution in [1.29, 1.82) is 0 Å². The van der Waals surface area contributed by atoms with Crippen molar-refractivity contribution in [3.63, 3.8) is 0 Å². The van der Waals surface area contributed by atoms with Crippen molar-refractivity contribution in [3.05, 3.63) is 23.0 Å². The summed E-state index contributed by atoms with van der Waals surface area (Å²) < 4.78 is 0. The fourth-order valence-corrected chi connectivity index (χ4v) is 1.86. The van der Waals surface area contributed by atoms with E-state index in [1.807, 2.05) is 6.07 Å². The van der Waals surface area contributed by atoms with Crippen LogP contribution in [0.4, 0.5) is 0 Å².